The van der Waals surface area contributed by atoms with E-state index in [1.165, 1.54) is 17.5 Å². The Labute approximate surface area is 233 Å². The van der Waals surface area contributed by atoms with Gasteiger partial charge in [-0.15, -0.1) is 0 Å². The fourth-order valence-electron chi connectivity index (χ4n) is 6.16. The minimum atomic E-state index is -0.414. The van der Waals surface area contributed by atoms with Gasteiger partial charge in [-0.25, -0.2) is 0 Å². The number of hydrogen-bond donors (Lipinski definition) is 2. The maximum absolute atomic E-state index is 13.4. The van der Waals surface area contributed by atoms with E-state index >= 15 is 0 Å². The van der Waals surface area contributed by atoms with Gasteiger partial charge in [-0.1, -0.05) is 62.9 Å². The van der Waals surface area contributed by atoms with Crippen LogP contribution < -0.4 is 10.6 Å². The van der Waals surface area contributed by atoms with E-state index in [-0.39, 0.29) is 17.7 Å². The number of halogens is 1. The van der Waals surface area contributed by atoms with Crippen LogP contribution in [-0.2, 0) is 15.0 Å². The first-order valence-corrected chi connectivity index (χ1v) is 14.8. The Bertz CT molecular complexity index is 1080. The monoisotopic (exact) mass is 537 g/mol. The molecule has 0 unspecified atom stereocenters. The van der Waals surface area contributed by atoms with Gasteiger partial charge in [0.2, 0.25) is 11.8 Å². The molecule has 0 spiro atoms. The first-order chi connectivity index (χ1) is 18.3. The van der Waals surface area contributed by atoms with Crippen molar-refractivity contribution in [1.29, 1.82) is 0 Å². The predicted molar refractivity (Wildman–Crippen MR) is 157 cm³/mol. The lowest BCUT2D eigenvalue weighted by atomic mass is 9.68. The van der Waals surface area contributed by atoms with Gasteiger partial charge in [0.1, 0.15) is 0 Å². The molecule has 0 radical (unpaired) electrons. The van der Waals surface area contributed by atoms with Crippen LogP contribution in [0.3, 0.4) is 0 Å². The molecule has 6 heteroatoms. The second-order valence-corrected chi connectivity index (χ2v) is 12.0. The van der Waals surface area contributed by atoms with Gasteiger partial charge in [-0.05, 0) is 106 Å². The number of benzene rings is 2. The van der Waals surface area contributed by atoms with E-state index in [0.29, 0.717) is 17.5 Å². The normalized spacial score (nSPS) is 18.3. The lowest BCUT2D eigenvalue weighted by molar-refractivity contribution is -0.128. The Morgan fingerprint density at radius 1 is 1.03 bits per heavy atom. The highest BCUT2D eigenvalue weighted by Crippen LogP contribution is 2.40. The molecule has 0 aromatic heterocycles. The van der Waals surface area contributed by atoms with Gasteiger partial charge in [0.05, 0.1) is 5.41 Å². The number of carbonyl (C=O) groups excluding carboxylic acids is 2. The van der Waals surface area contributed by atoms with Crippen LogP contribution in [0.2, 0.25) is 5.02 Å². The number of nitrogens with one attached hydrogen (secondary N) is 2. The second-order valence-electron chi connectivity index (χ2n) is 11.6. The van der Waals surface area contributed by atoms with Crippen LogP contribution in [0.15, 0.2) is 42.5 Å². The average molecular weight is 538 g/mol. The highest BCUT2D eigenvalue weighted by Gasteiger charge is 2.40. The number of likely N-dealkylation sites (tertiary alicyclic amines) is 1. The van der Waals surface area contributed by atoms with Gasteiger partial charge in [-0.2, -0.15) is 0 Å². The first kappa shape index (κ1) is 28.6. The summed E-state index contributed by atoms with van der Waals surface area (Å²) in [5.41, 5.74) is 4.24. The van der Waals surface area contributed by atoms with Gasteiger partial charge >= 0.3 is 0 Å². The van der Waals surface area contributed by atoms with Crippen molar-refractivity contribution in [2.45, 2.75) is 83.5 Å². The summed E-state index contributed by atoms with van der Waals surface area (Å²) in [6, 6.07) is 14.2. The number of aryl methyl sites for hydroxylation is 1. The third-order valence-corrected chi connectivity index (χ3v) is 8.83. The number of amides is 2. The van der Waals surface area contributed by atoms with Gasteiger partial charge < -0.3 is 15.5 Å². The first-order valence-electron chi connectivity index (χ1n) is 14.5. The Balaban J connectivity index is 1.25. The summed E-state index contributed by atoms with van der Waals surface area (Å²) in [7, 11) is 0. The summed E-state index contributed by atoms with van der Waals surface area (Å²) < 4.78 is 0. The highest BCUT2D eigenvalue weighted by atomic mass is 35.5. The van der Waals surface area contributed by atoms with Crippen molar-refractivity contribution >= 4 is 29.1 Å². The van der Waals surface area contributed by atoms with Crippen molar-refractivity contribution in [3.05, 3.63) is 64.2 Å². The van der Waals surface area contributed by atoms with Crippen LogP contribution in [0.25, 0.3) is 0 Å². The Kier molecular flexibility index (Phi) is 9.89. The van der Waals surface area contributed by atoms with Crippen molar-refractivity contribution in [2.75, 3.05) is 31.5 Å². The number of carbonyl (C=O) groups is 2. The van der Waals surface area contributed by atoms with E-state index in [0.717, 1.165) is 75.8 Å². The summed E-state index contributed by atoms with van der Waals surface area (Å²) in [6.07, 6.45) is 8.42. The van der Waals surface area contributed by atoms with Crippen molar-refractivity contribution in [1.82, 2.24) is 10.2 Å². The van der Waals surface area contributed by atoms with Crippen LogP contribution in [0.1, 0.15) is 87.8 Å². The molecule has 5 nitrogen and oxygen atoms in total. The fraction of sp³-hybridized carbons (Fsp3) is 0.562. The molecule has 1 heterocycles. The van der Waals surface area contributed by atoms with E-state index in [4.69, 9.17) is 11.6 Å². The summed E-state index contributed by atoms with van der Waals surface area (Å²) in [5, 5.41) is 7.05. The van der Waals surface area contributed by atoms with Crippen molar-refractivity contribution in [2.24, 2.45) is 5.92 Å². The van der Waals surface area contributed by atoms with E-state index in [1.807, 2.05) is 44.2 Å². The summed E-state index contributed by atoms with van der Waals surface area (Å²) >= 11 is 6.12. The van der Waals surface area contributed by atoms with Crippen LogP contribution in [0.4, 0.5) is 5.69 Å². The van der Waals surface area contributed by atoms with E-state index in [2.05, 4.69) is 34.6 Å². The third-order valence-electron chi connectivity index (χ3n) is 8.57. The maximum Gasteiger partial charge on any atom is 0.230 e. The van der Waals surface area contributed by atoms with Crippen LogP contribution in [0.5, 0.6) is 0 Å². The standard InChI is InChI=1S/C32H44ClN3O2/c1-23(2)30(37)35-28-13-8-24(3)29(22-28)25-14-20-36(21-15-25)19-7-18-34-31(38)32(16-5-4-6-17-32)26-9-11-27(33)12-10-26/h8-13,22-23,25H,4-7,14-21H2,1-3H3,(H,34,38)(H,35,37). The molecular weight excluding hydrogens is 494 g/mol. The average Bonchev–Trinajstić information content (AvgIpc) is 2.93. The zero-order valence-electron chi connectivity index (χ0n) is 23.3. The van der Waals surface area contributed by atoms with Gasteiger partial charge in [-0.3, -0.25) is 9.59 Å². The highest BCUT2D eigenvalue weighted by molar-refractivity contribution is 6.30. The molecule has 1 saturated carbocycles. The molecule has 0 bridgehead atoms. The summed E-state index contributed by atoms with van der Waals surface area (Å²) in [4.78, 5) is 28.1. The van der Waals surface area contributed by atoms with E-state index in [1.54, 1.807) is 0 Å². The van der Waals surface area contributed by atoms with Gasteiger partial charge in [0.15, 0.2) is 0 Å². The smallest absolute Gasteiger partial charge is 0.230 e. The van der Waals surface area contributed by atoms with Gasteiger partial charge in [0.25, 0.3) is 0 Å². The number of nitrogens with zero attached hydrogens (tertiary/aromatic N) is 1. The molecular formula is C32H44ClN3O2. The molecule has 0 atom stereocenters. The molecule has 2 amide bonds. The fourth-order valence-corrected chi connectivity index (χ4v) is 6.28. The minimum absolute atomic E-state index is 0.0292. The van der Waals surface area contributed by atoms with Crippen LogP contribution in [0, 0.1) is 12.8 Å². The number of rotatable bonds is 9. The molecule has 2 aliphatic rings. The minimum Gasteiger partial charge on any atom is -0.355 e. The number of anilines is 1. The van der Waals surface area contributed by atoms with E-state index < -0.39 is 5.41 Å². The Morgan fingerprint density at radius 3 is 2.37 bits per heavy atom. The molecule has 2 aromatic rings. The third kappa shape index (κ3) is 6.98. The van der Waals surface area contributed by atoms with Crippen LogP contribution in [-0.4, -0.2) is 42.9 Å². The topological polar surface area (TPSA) is 61.4 Å². The van der Waals surface area contributed by atoms with E-state index in [9.17, 15) is 9.59 Å². The molecule has 206 valence electrons. The predicted octanol–water partition coefficient (Wildman–Crippen LogP) is 6.83. The second kappa shape index (κ2) is 13.1. The Morgan fingerprint density at radius 2 is 1.71 bits per heavy atom. The molecule has 2 aromatic carbocycles. The molecule has 1 aliphatic carbocycles. The van der Waals surface area contributed by atoms with Crippen molar-refractivity contribution < 1.29 is 9.59 Å². The molecule has 38 heavy (non-hydrogen) atoms. The van der Waals surface area contributed by atoms with Gasteiger partial charge in [0, 0.05) is 23.2 Å². The lowest BCUT2D eigenvalue weighted by Gasteiger charge is -2.36. The molecule has 2 N–H and O–H groups in total. The number of hydrogen-bond acceptors (Lipinski definition) is 3. The van der Waals surface area contributed by atoms with Crippen LogP contribution >= 0.6 is 11.6 Å². The quantitative estimate of drug-likeness (QED) is 0.344. The zero-order chi connectivity index (χ0) is 27.1. The SMILES string of the molecule is Cc1ccc(NC(=O)C(C)C)cc1C1CCN(CCCNC(=O)C2(c3ccc(Cl)cc3)CCCCC2)CC1. The number of piperidine rings is 1. The largest absolute Gasteiger partial charge is 0.355 e. The van der Waals surface area contributed by atoms with Crippen molar-refractivity contribution in [3.63, 3.8) is 0 Å². The molecule has 1 saturated heterocycles. The molecule has 2 fully saturated rings. The lowest BCUT2D eigenvalue weighted by Crippen LogP contribution is -2.46. The molecule has 1 aliphatic heterocycles. The summed E-state index contributed by atoms with van der Waals surface area (Å²) in [6.45, 7) is 9.85. The van der Waals surface area contributed by atoms with Crippen molar-refractivity contribution in [3.8, 4) is 0 Å². The molecule has 4 rings (SSSR count). The maximum atomic E-state index is 13.4. The summed E-state index contributed by atoms with van der Waals surface area (Å²) in [5.74, 6) is 0.730. The zero-order valence-corrected chi connectivity index (χ0v) is 24.1. The Hall–Kier alpha value is -2.37.